The van der Waals surface area contributed by atoms with Crippen molar-refractivity contribution in [1.82, 2.24) is 4.57 Å². The van der Waals surface area contributed by atoms with E-state index in [0.717, 1.165) is 22.5 Å². The average molecular weight is 524 g/mol. The van der Waals surface area contributed by atoms with Crippen LogP contribution in [-0.2, 0) is 19.1 Å². The van der Waals surface area contributed by atoms with Crippen LogP contribution in [-0.4, -0.2) is 43.3 Å². The van der Waals surface area contributed by atoms with Crippen LogP contribution in [0.3, 0.4) is 0 Å². The average Bonchev–Trinajstić information content (AvgIpc) is 3.57. The number of rotatable bonds is 7. The van der Waals surface area contributed by atoms with E-state index >= 15 is 0 Å². The molecule has 5 rings (SSSR count). The highest BCUT2D eigenvalue weighted by atomic mass is 32.1. The summed E-state index contributed by atoms with van der Waals surface area (Å²) in [6, 6.07) is 10.6. The second-order valence-electron chi connectivity index (χ2n) is 8.40. The van der Waals surface area contributed by atoms with Gasteiger partial charge in [0.05, 0.1) is 29.1 Å². The van der Waals surface area contributed by atoms with Crippen molar-refractivity contribution in [3.63, 3.8) is 0 Å². The number of ether oxygens (including phenoxy) is 2. The van der Waals surface area contributed by atoms with Crippen LogP contribution < -0.4 is 19.8 Å². The van der Waals surface area contributed by atoms with E-state index in [1.54, 1.807) is 11.8 Å². The van der Waals surface area contributed by atoms with Crippen molar-refractivity contribution in [2.75, 3.05) is 31.8 Å². The number of hydrogen-bond donors (Lipinski definition) is 0. The van der Waals surface area contributed by atoms with Crippen molar-refractivity contribution in [1.29, 1.82) is 0 Å². The summed E-state index contributed by atoms with van der Waals surface area (Å²) in [5, 5.41) is 1.90. The lowest BCUT2D eigenvalue weighted by molar-refractivity contribution is -0.140. The summed E-state index contributed by atoms with van der Waals surface area (Å²) >= 11 is 2.63. The van der Waals surface area contributed by atoms with Gasteiger partial charge in [0.15, 0.2) is 4.80 Å². The largest absolute Gasteiger partial charge is 0.460 e. The van der Waals surface area contributed by atoms with Crippen LogP contribution >= 0.6 is 22.7 Å². The summed E-state index contributed by atoms with van der Waals surface area (Å²) in [4.78, 5) is 48.3. The molecular formula is C26H25N3O5S2. The number of methoxy groups -OCH3 is 1. The van der Waals surface area contributed by atoms with Crippen LogP contribution in [0.25, 0.3) is 5.57 Å². The van der Waals surface area contributed by atoms with Crippen molar-refractivity contribution < 1.29 is 19.1 Å². The SMILES string of the molecule is CCCN1C(=O)/C(=c2\sc3n(c2=O)[C@H](c2cccs2)C(C(=O)OCCOC)=C(C)N=3)c2ccccc21. The van der Waals surface area contributed by atoms with Crippen molar-refractivity contribution >= 4 is 45.8 Å². The fourth-order valence-corrected chi connectivity index (χ4v) is 6.55. The first-order valence-electron chi connectivity index (χ1n) is 11.6. The number of fused-ring (bicyclic) bond motifs is 2. The molecule has 0 bridgehead atoms. The summed E-state index contributed by atoms with van der Waals surface area (Å²) < 4.78 is 12.3. The van der Waals surface area contributed by atoms with Crippen LogP contribution in [0.5, 0.6) is 0 Å². The lowest BCUT2D eigenvalue weighted by Crippen LogP contribution is -2.40. The summed E-state index contributed by atoms with van der Waals surface area (Å²) in [5.74, 6) is -0.730. The molecule has 2 aromatic heterocycles. The highest BCUT2D eigenvalue weighted by Gasteiger charge is 2.37. The number of esters is 1. The van der Waals surface area contributed by atoms with Gasteiger partial charge in [-0.3, -0.25) is 14.2 Å². The van der Waals surface area contributed by atoms with Crippen molar-refractivity contribution in [3.05, 3.63) is 83.2 Å². The number of anilines is 1. The fraction of sp³-hybridized carbons (Fsp3) is 0.308. The maximum absolute atomic E-state index is 14.0. The molecule has 1 aromatic carbocycles. The Hall–Kier alpha value is -3.34. The zero-order valence-electron chi connectivity index (χ0n) is 20.1. The van der Waals surface area contributed by atoms with Crippen LogP contribution in [0.2, 0.25) is 0 Å². The van der Waals surface area contributed by atoms with Crippen molar-refractivity contribution in [3.8, 4) is 0 Å². The number of hydrogen-bond acceptors (Lipinski definition) is 8. The van der Waals surface area contributed by atoms with Gasteiger partial charge in [0.1, 0.15) is 17.2 Å². The molecule has 0 spiro atoms. The fourth-order valence-electron chi connectivity index (χ4n) is 4.59. The first-order chi connectivity index (χ1) is 17.5. The number of aromatic nitrogens is 1. The number of amides is 1. The van der Waals surface area contributed by atoms with E-state index in [2.05, 4.69) is 4.99 Å². The molecule has 0 fully saturated rings. The van der Waals surface area contributed by atoms with Gasteiger partial charge in [-0.2, -0.15) is 0 Å². The van der Waals surface area contributed by atoms with E-state index in [4.69, 9.17) is 9.47 Å². The van der Waals surface area contributed by atoms with E-state index in [1.165, 1.54) is 34.4 Å². The number of nitrogens with zero attached hydrogens (tertiary/aromatic N) is 3. The molecule has 2 aliphatic heterocycles. The number of para-hydroxylation sites is 1. The zero-order valence-corrected chi connectivity index (χ0v) is 21.8. The highest BCUT2D eigenvalue weighted by Crippen LogP contribution is 2.36. The van der Waals surface area contributed by atoms with Crippen LogP contribution in [0.1, 0.15) is 36.8 Å². The first-order valence-corrected chi connectivity index (χ1v) is 13.3. The van der Waals surface area contributed by atoms with E-state index < -0.39 is 12.0 Å². The molecule has 4 heterocycles. The van der Waals surface area contributed by atoms with E-state index in [9.17, 15) is 14.4 Å². The number of benzene rings is 1. The lowest BCUT2D eigenvalue weighted by atomic mass is 10.0. The van der Waals surface area contributed by atoms with Gasteiger partial charge in [0, 0.05) is 24.1 Å². The number of carbonyl (C=O) groups is 2. The summed E-state index contributed by atoms with van der Waals surface area (Å²) in [6.45, 7) is 4.68. The van der Waals surface area contributed by atoms with E-state index in [0.29, 0.717) is 32.7 Å². The second kappa shape index (κ2) is 9.96. The number of allylic oxidation sites excluding steroid dienone is 1. The monoisotopic (exact) mass is 523 g/mol. The van der Waals surface area contributed by atoms with Gasteiger partial charge in [-0.1, -0.05) is 42.5 Å². The third-order valence-electron chi connectivity index (χ3n) is 6.15. The molecule has 10 heteroatoms. The number of thiazole rings is 1. The van der Waals surface area contributed by atoms with Gasteiger partial charge in [0.2, 0.25) is 0 Å². The van der Waals surface area contributed by atoms with Gasteiger partial charge in [-0.25, -0.2) is 9.79 Å². The molecule has 1 atom stereocenters. The quantitative estimate of drug-likeness (QED) is 0.351. The molecule has 8 nitrogen and oxygen atoms in total. The van der Waals surface area contributed by atoms with Crippen LogP contribution in [0.4, 0.5) is 5.69 Å². The van der Waals surface area contributed by atoms with Crippen LogP contribution in [0, 0.1) is 0 Å². The molecule has 1 amide bonds. The molecule has 186 valence electrons. The van der Waals surface area contributed by atoms with Crippen LogP contribution in [0.15, 0.2) is 62.8 Å². The molecule has 0 radical (unpaired) electrons. The van der Waals surface area contributed by atoms with Crippen molar-refractivity contribution in [2.45, 2.75) is 26.3 Å². The maximum Gasteiger partial charge on any atom is 0.338 e. The number of thiophene rings is 1. The predicted molar refractivity (Wildman–Crippen MR) is 139 cm³/mol. The molecule has 3 aromatic rings. The van der Waals surface area contributed by atoms with E-state index in [-0.39, 0.29) is 24.7 Å². The first kappa shape index (κ1) is 24.4. The van der Waals surface area contributed by atoms with E-state index in [1.807, 2.05) is 48.7 Å². The molecule has 0 saturated heterocycles. The Morgan fingerprint density at radius 2 is 1.94 bits per heavy atom. The Balaban J connectivity index is 1.73. The normalized spacial score (nSPS) is 18.2. The minimum atomic E-state index is -0.691. The number of carbonyl (C=O) groups excluding carboxylic acids is 2. The van der Waals surface area contributed by atoms with Gasteiger partial charge >= 0.3 is 5.97 Å². The summed E-state index contributed by atoms with van der Waals surface area (Å²) in [5.41, 5.74) is 2.38. The Kier molecular flexibility index (Phi) is 6.74. The zero-order chi connectivity index (χ0) is 25.4. The Labute approximate surface area is 215 Å². The molecule has 0 unspecified atom stereocenters. The minimum absolute atomic E-state index is 0.0936. The summed E-state index contributed by atoms with van der Waals surface area (Å²) in [6.07, 6.45) is 0.792. The van der Waals surface area contributed by atoms with Gasteiger partial charge in [0.25, 0.3) is 11.5 Å². The van der Waals surface area contributed by atoms with Gasteiger partial charge < -0.3 is 14.4 Å². The standard InChI is InChI=1S/C26H25N3O5S2/c1-4-11-28-17-9-6-5-8-16(17)20(23(28)30)22-24(31)29-21(18-10-7-14-35-18)19(15(2)27-26(29)36-22)25(32)34-13-12-33-3/h5-10,14,21H,4,11-13H2,1-3H3/b22-20-/t21-/m1/s1. The molecule has 0 saturated carbocycles. The Bertz CT molecular complexity index is 1550. The second-order valence-corrected chi connectivity index (χ2v) is 10.4. The Morgan fingerprint density at radius 1 is 1.14 bits per heavy atom. The molecule has 0 N–H and O–H groups in total. The molecule has 0 aliphatic carbocycles. The molecule has 2 aliphatic rings. The van der Waals surface area contributed by atoms with Gasteiger partial charge in [-0.05, 0) is 30.9 Å². The minimum Gasteiger partial charge on any atom is -0.460 e. The highest BCUT2D eigenvalue weighted by molar-refractivity contribution is 7.10. The summed E-state index contributed by atoms with van der Waals surface area (Å²) in [7, 11) is 1.53. The van der Waals surface area contributed by atoms with Gasteiger partial charge in [-0.15, -0.1) is 11.3 Å². The van der Waals surface area contributed by atoms with Crippen molar-refractivity contribution in [2.24, 2.45) is 4.99 Å². The third kappa shape index (κ3) is 3.95. The maximum atomic E-state index is 14.0. The third-order valence-corrected chi connectivity index (χ3v) is 8.13. The molecule has 36 heavy (non-hydrogen) atoms. The Morgan fingerprint density at radius 3 is 2.67 bits per heavy atom. The predicted octanol–water partition coefficient (Wildman–Crippen LogP) is 2.61. The smallest absolute Gasteiger partial charge is 0.338 e. The molecular weight excluding hydrogens is 498 g/mol. The topological polar surface area (TPSA) is 90.2 Å². The lowest BCUT2D eigenvalue weighted by Gasteiger charge is -2.23.